The Morgan fingerprint density at radius 2 is 2.04 bits per heavy atom. The van der Waals surface area contributed by atoms with Gasteiger partial charge in [-0.3, -0.25) is 4.79 Å². The van der Waals surface area contributed by atoms with E-state index in [9.17, 15) is 9.59 Å². The van der Waals surface area contributed by atoms with Gasteiger partial charge in [0, 0.05) is 6.54 Å². The number of carboxylic acid groups (broad SMARTS) is 1. The van der Waals surface area contributed by atoms with Gasteiger partial charge in [-0.25, -0.2) is 9.48 Å². The Bertz CT molecular complexity index is 716. The smallest absolute Gasteiger partial charge is 0.334 e. The molecule has 9 heteroatoms. The number of morpholine rings is 1. The maximum Gasteiger partial charge on any atom is 0.334 e. The van der Waals surface area contributed by atoms with E-state index in [4.69, 9.17) is 9.84 Å². The molecule has 126 valence electrons. The summed E-state index contributed by atoms with van der Waals surface area (Å²) in [5.41, 5.74) is 1.63. The quantitative estimate of drug-likeness (QED) is 0.833. The summed E-state index contributed by atoms with van der Waals surface area (Å²) in [6.07, 6.45) is 0.418. The average Bonchev–Trinajstić information content (AvgIpc) is 3.09. The first kappa shape index (κ1) is 16.1. The number of tetrazole rings is 1. The van der Waals surface area contributed by atoms with Crippen molar-refractivity contribution in [1.82, 2.24) is 25.1 Å². The number of hydrogen-bond acceptors (Lipinski definition) is 6. The summed E-state index contributed by atoms with van der Waals surface area (Å²) >= 11 is 0. The van der Waals surface area contributed by atoms with Gasteiger partial charge < -0.3 is 14.7 Å². The monoisotopic (exact) mass is 331 g/mol. The van der Waals surface area contributed by atoms with Crippen LogP contribution in [0.2, 0.25) is 0 Å². The van der Waals surface area contributed by atoms with Crippen molar-refractivity contribution in [1.29, 1.82) is 0 Å². The van der Waals surface area contributed by atoms with Crippen molar-refractivity contribution in [3.05, 3.63) is 36.2 Å². The number of aromatic nitrogens is 4. The molecule has 3 rings (SSSR count). The van der Waals surface area contributed by atoms with E-state index in [0.29, 0.717) is 6.54 Å². The SMILES string of the molecule is C[C@@H]1CN(C(=O)Cc2ccc(-n3cnnn3)cc2)CC(C(=O)O)O1. The average molecular weight is 331 g/mol. The molecule has 0 spiro atoms. The van der Waals surface area contributed by atoms with Crippen molar-refractivity contribution >= 4 is 11.9 Å². The number of carbonyl (C=O) groups excluding carboxylic acids is 1. The maximum atomic E-state index is 12.4. The Morgan fingerprint density at radius 1 is 1.29 bits per heavy atom. The molecule has 0 bridgehead atoms. The van der Waals surface area contributed by atoms with Gasteiger partial charge in [0.05, 0.1) is 24.8 Å². The fourth-order valence-corrected chi connectivity index (χ4v) is 2.62. The Kier molecular flexibility index (Phi) is 4.52. The molecule has 24 heavy (non-hydrogen) atoms. The van der Waals surface area contributed by atoms with Crippen molar-refractivity contribution < 1.29 is 19.4 Å². The fourth-order valence-electron chi connectivity index (χ4n) is 2.62. The van der Waals surface area contributed by atoms with Crippen molar-refractivity contribution in [2.24, 2.45) is 0 Å². The molecule has 1 saturated heterocycles. The zero-order valence-electron chi connectivity index (χ0n) is 13.1. The number of rotatable bonds is 4. The molecule has 1 aliphatic rings. The van der Waals surface area contributed by atoms with E-state index in [1.54, 1.807) is 11.8 Å². The summed E-state index contributed by atoms with van der Waals surface area (Å²) in [5.74, 6) is -1.17. The van der Waals surface area contributed by atoms with Gasteiger partial charge in [-0.2, -0.15) is 0 Å². The number of benzene rings is 1. The van der Waals surface area contributed by atoms with E-state index in [2.05, 4.69) is 15.5 Å². The highest BCUT2D eigenvalue weighted by Crippen LogP contribution is 2.14. The van der Waals surface area contributed by atoms with Crippen LogP contribution in [-0.2, 0) is 20.7 Å². The zero-order chi connectivity index (χ0) is 17.1. The summed E-state index contributed by atoms with van der Waals surface area (Å²) < 4.78 is 6.84. The molecular weight excluding hydrogens is 314 g/mol. The van der Waals surface area contributed by atoms with Gasteiger partial charge in [-0.05, 0) is 35.0 Å². The second-order valence-corrected chi connectivity index (χ2v) is 5.67. The molecule has 2 aromatic rings. The molecule has 1 aromatic heterocycles. The minimum absolute atomic E-state index is 0.0707. The Morgan fingerprint density at radius 3 is 2.67 bits per heavy atom. The highest BCUT2D eigenvalue weighted by molar-refractivity contribution is 5.80. The third kappa shape index (κ3) is 3.57. The van der Waals surface area contributed by atoms with Crippen LogP contribution in [0.25, 0.3) is 5.69 Å². The van der Waals surface area contributed by atoms with Crippen molar-refractivity contribution in [3.8, 4) is 5.69 Å². The van der Waals surface area contributed by atoms with E-state index < -0.39 is 12.1 Å². The minimum atomic E-state index is -1.05. The second kappa shape index (κ2) is 6.75. The molecule has 0 aliphatic carbocycles. The number of ether oxygens (including phenoxy) is 1. The van der Waals surface area contributed by atoms with Gasteiger partial charge in [0.1, 0.15) is 6.33 Å². The molecule has 2 atom stereocenters. The molecule has 0 saturated carbocycles. The highest BCUT2D eigenvalue weighted by Gasteiger charge is 2.32. The lowest BCUT2D eigenvalue weighted by molar-refractivity contribution is -0.166. The maximum absolute atomic E-state index is 12.4. The van der Waals surface area contributed by atoms with Crippen LogP contribution in [0.3, 0.4) is 0 Å². The lowest BCUT2D eigenvalue weighted by Crippen LogP contribution is -2.52. The zero-order valence-corrected chi connectivity index (χ0v) is 13.1. The van der Waals surface area contributed by atoms with Gasteiger partial charge >= 0.3 is 5.97 Å². The van der Waals surface area contributed by atoms with Crippen molar-refractivity contribution in [2.45, 2.75) is 25.6 Å². The molecule has 1 aromatic carbocycles. The van der Waals surface area contributed by atoms with E-state index in [0.717, 1.165) is 11.3 Å². The molecule has 9 nitrogen and oxygen atoms in total. The largest absolute Gasteiger partial charge is 0.479 e. The van der Waals surface area contributed by atoms with Crippen molar-refractivity contribution in [2.75, 3.05) is 13.1 Å². The standard InChI is InChI=1S/C15H17N5O4/c1-10-7-19(8-13(24-10)15(22)23)14(21)6-11-2-4-12(5-3-11)20-9-16-17-18-20/h2-5,9-10,13H,6-8H2,1H3,(H,22,23)/t10-,13?/m1/s1. The van der Waals surface area contributed by atoms with Gasteiger partial charge in [-0.1, -0.05) is 12.1 Å². The number of aliphatic carboxylic acids is 1. The third-order valence-electron chi connectivity index (χ3n) is 3.79. The van der Waals surface area contributed by atoms with Crippen LogP contribution in [0.15, 0.2) is 30.6 Å². The van der Waals surface area contributed by atoms with Crippen LogP contribution in [0.5, 0.6) is 0 Å². The summed E-state index contributed by atoms with van der Waals surface area (Å²) in [5, 5.41) is 20.0. The number of carbonyl (C=O) groups is 2. The summed E-state index contributed by atoms with van der Waals surface area (Å²) in [6.45, 7) is 2.23. The van der Waals surface area contributed by atoms with E-state index in [1.165, 1.54) is 11.0 Å². The molecule has 0 radical (unpaired) electrons. The van der Waals surface area contributed by atoms with Crippen molar-refractivity contribution in [3.63, 3.8) is 0 Å². The molecule has 1 unspecified atom stereocenters. The Balaban J connectivity index is 1.65. The third-order valence-corrected chi connectivity index (χ3v) is 3.79. The first-order chi connectivity index (χ1) is 11.5. The van der Waals surface area contributed by atoms with Crippen LogP contribution >= 0.6 is 0 Å². The number of nitrogens with zero attached hydrogens (tertiary/aromatic N) is 5. The number of amides is 1. The molecule has 1 amide bonds. The number of hydrogen-bond donors (Lipinski definition) is 1. The Hall–Kier alpha value is -2.81. The van der Waals surface area contributed by atoms with Crippen LogP contribution < -0.4 is 0 Å². The van der Waals surface area contributed by atoms with Crippen LogP contribution in [0, 0.1) is 0 Å². The van der Waals surface area contributed by atoms with Gasteiger partial charge in [0.2, 0.25) is 5.91 Å². The fraction of sp³-hybridized carbons (Fsp3) is 0.400. The summed E-state index contributed by atoms with van der Waals surface area (Å²) in [6, 6.07) is 7.29. The Labute approximate surface area is 137 Å². The predicted molar refractivity (Wildman–Crippen MR) is 81.4 cm³/mol. The van der Waals surface area contributed by atoms with E-state index in [-0.39, 0.29) is 25.0 Å². The second-order valence-electron chi connectivity index (χ2n) is 5.67. The number of carboxylic acids is 1. The van der Waals surface area contributed by atoms with Crippen LogP contribution in [0.4, 0.5) is 0 Å². The van der Waals surface area contributed by atoms with Crippen LogP contribution in [0.1, 0.15) is 12.5 Å². The predicted octanol–water partition coefficient (Wildman–Crippen LogP) is -0.0947. The first-order valence-corrected chi connectivity index (χ1v) is 7.51. The molecule has 1 fully saturated rings. The molecule has 2 heterocycles. The molecule has 1 aliphatic heterocycles. The molecule has 1 N–H and O–H groups in total. The molecular formula is C15H17N5O4. The van der Waals surface area contributed by atoms with Gasteiger partial charge in [0.25, 0.3) is 0 Å². The van der Waals surface area contributed by atoms with Gasteiger partial charge in [-0.15, -0.1) is 5.10 Å². The van der Waals surface area contributed by atoms with Crippen LogP contribution in [-0.4, -0.2) is 67.4 Å². The first-order valence-electron chi connectivity index (χ1n) is 7.51. The lowest BCUT2D eigenvalue weighted by atomic mass is 10.1. The lowest BCUT2D eigenvalue weighted by Gasteiger charge is -2.35. The topological polar surface area (TPSA) is 110 Å². The summed E-state index contributed by atoms with van der Waals surface area (Å²) in [7, 11) is 0. The minimum Gasteiger partial charge on any atom is -0.479 e. The van der Waals surface area contributed by atoms with Gasteiger partial charge in [0.15, 0.2) is 6.10 Å². The normalized spacial score (nSPS) is 20.8. The highest BCUT2D eigenvalue weighted by atomic mass is 16.5. The summed E-state index contributed by atoms with van der Waals surface area (Å²) in [4.78, 5) is 25.1. The van der Waals surface area contributed by atoms with E-state index in [1.807, 2.05) is 24.3 Å². The van der Waals surface area contributed by atoms with E-state index >= 15 is 0 Å².